The molecular weight excluding hydrogens is 376 g/mol. The van der Waals surface area contributed by atoms with Gasteiger partial charge in [-0.3, -0.25) is 9.48 Å². The van der Waals surface area contributed by atoms with Crippen LogP contribution in [0, 0.1) is 0 Å². The van der Waals surface area contributed by atoms with Gasteiger partial charge in [-0.1, -0.05) is 6.07 Å². The monoisotopic (exact) mass is 386 g/mol. The largest absolute Gasteiger partial charge is 0.378 e. The molecule has 0 unspecified atom stereocenters. The van der Waals surface area contributed by atoms with Crippen molar-refractivity contribution in [2.75, 3.05) is 5.32 Å². The highest BCUT2D eigenvalue weighted by atomic mass is 79.9. The van der Waals surface area contributed by atoms with Gasteiger partial charge in [-0.25, -0.2) is 0 Å². The summed E-state index contributed by atoms with van der Waals surface area (Å²) in [5.74, 6) is -0.411. The summed E-state index contributed by atoms with van der Waals surface area (Å²) in [6, 6.07) is 6.04. The number of aromatic nitrogens is 2. The Labute approximate surface area is 127 Å². The van der Waals surface area contributed by atoms with Crippen molar-refractivity contribution in [3.05, 3.63) is 45.1 Å². The number of benzene rings is 1. The zero-order valence-corrected chi connectivity index (χ0v) is 13.1. The molecule has 0 atom stereocenters. The first-order valence-corrected chi connectivity index (χ1v) is 7.12. The fraction of sp³-hybridized carbons (Fsp3) is 0.167. The Bertz CT molecular complexity index is 597. The van der Waals surface area contributed by atoms with Crippen molar-refractivity contribution in [3.63, 3.8) is 0 Å². The van der Waals surface area contributed by atoms with Crippen molar-refractivity contribution in [1.82, 2.24) is 9.78 Å². The Balaban J connectivity index is 1.96. The van der Waals surface area contributed by atoms with Crippen LogP contribution in [0.1, 0.15) is 5.56 Å². The molecule has 2 rings (SSSR count). The van der Waals surface area contributed by atoms with Crippen LogP contribution < -0.4 is 11.1 Å². The maximum absolute atomic E-state index is 10.8. The number of nitrogens with zero attached hydrogens (tertiary/aromatic N) is 2. The van der Waals surface area contributed by atoms with E-state index in [9.17, 15) is 4.79 Å². The Morgan fingerprint density at radius 2 is 2.16 bits per heavy atom. The number of nitrogens with one attached hydrogen (secondary N) is 1. The lowest BCUT2D eigenvalue weighted by atomic mass is 10.2. The summed E-state index contributed by atoms with van der Waals surface area (Å²) in [5, 5.41) is 7.27. The summed E-state index contributed by atoms with van der Waals surface area (Å²) in [5.41, 5.74) is 7.08. The molecule has 100 valence electrons. The van der Waals surface area contributed by atoms with Crippen LogP contribution in [0.25, 0.3) is 0 Å². The third-order valence-electron chi connectivity index (χ3n) is 2.43. The molecule has 1 amide bonds. The number of hydrogen-bond donors (Lipinski definition) is 2. The van der Waals surface area contributed by atoms with Crippen molar-refractivity contribution in [2.24, 2.45) is 5.73 Å². The van der Waals surface area contributed by atoms with Gasteiger partial charge in [0.05, 0.1) is 11.9 Å². The lowest BCUT2D eigenvalue weighted by molar-refractivity contribution is -0.118. The molecule has 7 heteroatoms. The average molecular weight is 388 g/mol. The summed E-state index contributed by atoms with van der Waals surface area (Å²) >= 11 is 6.89. The molecule has 0 radical (unpaired) electrons. The molecule has 1 aromatic heterocycles. The maximum Gasteiger partial charge on any atom is 0.239 e. The fourth-order valence-corrected chi connectivity index (χ4v) is 2.23. The predicted octanol–water partition coefficient (Wildman–Crippen LogP) is 2.51. The molecule has 0 bridgehead atoms. The first-order chi connectivity index (χ1) is 9.04. The van der Waals surface area contributed by atoms with E-state index in [2.05, 4.69) is 42.3 Å². The summed E-state index contributed by atoms with van der Waals surface area (Å²) in [6.45, 7) is 0.764. The lowest BCUT2D eigenvalue weighted by Crippen LogP contribution is -2.18. The van der Waals surface area contributed by atoms with Crippen LogP contribution in [0.2, 0.25) is 0 Å². The molecule has 0 spiro atoms. The predicted molar refractivity (Wildman–Crippen MR) is 80.6 cm³/mol. The van der Waals surface area contributed by atoms with Crippen LogP contribution in [-0.2, 0) is 17.9 Å². The molecule has 1 aromatic carbocycles. The van der Waals surface area contributed by atoms with E-state index in [1.165, 1.54) is 4.68 Å². The van der Waals surface area contributed by atoms with E-state index in [1.54, 1.807) is 12.4 Å². The molecular formula is C12H12Br2N4O. The minimum Gasteiger partial charge on any atom is -0.378 e. The zero-order valence-electron chi connectivity index (χ0n) is 9.94. The molecule has 0 fully saturated rings. The highest BCUT2D eigenvalue weighted by molar-refractivity contribution is 9.13. The first-order valence-electron chi connectivity index (χ1n) is 5.53. The number of carbonyl (C=O) groups is 1. The fourth-order valence-electron chi connectivity index (χ4n) is 1.55. The van der Waals surface area contributed by atoms with Gasteiger partial charge < -0.3 is 11.1 Å². The normalized spacial score (nSPS) is 10.4. The van der Waals surface area contributed by atoms with Gasteiger partial charge in [0.15, 0.2) is 0 Å². The number of carbonyl (C=O) groups excluding carboxylic acids is 1. The van der Waals surface area contributed by atoms with Gasteiger partial charge in [-0.15, -0.1) is 0 Å². The molecule has 0 aliphatic heterocycles. The molecule has 2 aromatic rings. The number of primary amides is 1. The summed E-state index contributed by atoms with van der Waals surface area (Å²) < 4.78 is 3.53. The number of halogens is 2. The van der Waals surface area contributed by atoms with E-state index in [0.717, 1.165) is 20.2 Å². The second-order valence-electron chi connectivity index (χ2n) is 3.99. The van der Waals surface area contributed by atoms with Crippen molar-refractivity contribution in [2.45, 2.75) is 13.1 Å². The minimum atomic E-state index is -0.411. The van der Waals surface area contributed by atoms with E-state index < -0.39 is 5.91 Å². The van der Waals surface area contributed by atoms with Gasteiger partial charge in [0.2, 0.25) is 5.91 Å². The van der Waals surface area contributed by atoms with Crippen LogP contribution in [0.15, 0.2) is 39.5 Å². The smallest absolute Gasteiger partial charge is 0.239 e. The van der Waals surface area contributed by atoms with Gasteiger partial charge in [0.1, 0.15) is 6.54 Å². The van der Waals surface area contributed by atoms with E-state index >= 15 is 0 Å². The molecule has 0 aliphatic rings. The summed E-state index contributed by atoms with van der Waals surface area (Å²) in [4.78, 5) is 10.8. The number of hydrogen-bond acceptors (Lipinski definition) is 3. The van der Waals surface area contributed by atoms with Gasteiger partial charge in [0, 0.05) is 21.7 Å². The molecule has 0 aliphatic carbocycles. The van der Waals surface area contributed by atoms with E-state index in [4.69, 9.17) is 5.73 Å². The van der Waals surface area contributed by atoms with Crippen LogP contribution in [-0.4, -0.2) is 15.7 Å². The number of nitrogens with two attached hydrogens (primary N) is 1. The SMILES string of the molecule is NC(=O)Cn1cc(NCc2ccc(Br)c(Br)c2)cn1. The molecule has 0 saturated carbocycles. The van der Waals surface area contributed by atoms with Crippen LogP contribution >= 0.6 is 31.9 Å². The van der Waals surface area contributed by atoms with Crippen molar-refractivity contribution in [1.29, 1.82) is 0 Å². The van der Waals surface area contributed by atoms with Crippen molar-refractivity contribution < 1.29 is 4.79 Å². The zero-order chi connectivity index (χ0) is 13.8. The number of amides is 1. The van der Waals surface area contributed by atoms with Gasteiger partial charge >= 0.3 is 0 Å². The Morgan fingerprint density at radius 1 is 1.37 bits per heavy atom. The van der Waals surface area contributed by atoms with E-state index in [0.29, 0.717) is 6.54 Å². The Morgan fingerprint density at radius 3 is 2.84 bits per heavy atom. The molecule has 19 heavy (non-hydrogen) atoms. The van der Waals surface area contributed by atoms with Crippen LogP contribution in [0.5, 0.6) is 0 Å². The molecule has 0 saturated heterocycles. The standard InChI is InChI=1S/C12H12Br2N4O/c13-10-2-1-8(3-11(10)14)4-16-9-5-17-18(6-9)7-12(15)19/h1-3,5-6,16H,4,7H2,(H2,15,19). The third-order valence-corrected chi connectivity index (χ3v) is 4.31. The number of rotatable bonds is 5. The average Bonchev–Trinajstić information content (AvgIpc) is 2.77. The molecule has 3 N–H and O–H groups in total. The minimum absolute atomic E-state index is 0.0888. The topological polar surface area (TPSA) is 72.9 Å². The Kier molecular flexibility index (Phi) is 4.60. The second kappa shape index (κ2) is 6.21. The third kappa shape index (κ3) is 4.07. The first kappa shape index (κ1) is 14.1. The van der Waals surface area contributed by atoms with Crippen molar-refractivity contribution >= 4 is 43.5 Å². The summed E-state index contributed by atoms with van der Waals surface area (Å²) in [6.07, 6.45) is 3.41. The summed E-state index contributed by atoms with van der Waals surface area (Å²) in [7, 11) is 0. The maximum atomic E-state index is 10.8. The lowest BCUT2D eigenvalue weighted by Gasteiger charge is -2.05. The quantitative estimate of drug-likeness (QED) is 0.827. The van der Waals surface area contributed by atoms with Gasteiger partial charge in [0.25, 0.3) is 0 Å². The van der Waals surface area contributed by atoms with Crippen LogP contribution in [0.4, 0.5) is 5.69 Å². The van der Waals surface area contributed by atoms with Crippen LogP contribution in [0.3, 0.4) is 0 Å². The number of anilines is 1. The highest BCUT2D eigenvalue weighted by Gasteiger charge is 2.02. The molecule has 1 heterocycles. The second-order valence-corrected chi connectivity index (χ2v) is 5.70. The molecule has 5 nitrogen and oxygen atoms in total. The highest BCUT2D eigenvalue weighted by Crippen LogP contribution is 2.24. The van der Waals surface area contributed by atoms with Crippen molar-refractivity contribution in [3.8, 4) is 0 Å². The Hall–Kier alpha value is -1.34. The van der Waals surface area contributed by atoms with Gasteiger partial charge in [-0.2, -0.15) is 5.10 Å². The van der Waals surface area contributed by atoms with E-state index in [1.807, 2.05) is 18.2 Å². The van der Waals surface area contributed by atoms with E-state index in [-0.39, 0.29) is 6.54 Å². The van der Waals surface area contributed by atoms with Gasteiger partial charge in [-0.05, 0) is 49.6 Å².